The van der Waals surface area contributed by atoms with Crippen LogP contribution in [0.25, 0.3) is 16.7 Å². The van der Waals surface area contributed by atoms with E-state index < -0.39 is 5.91 Å². The van der Waals surface area contributed by atoms with Crippen molar-refractivity contribution in [3.05, 3.63) is 51.9 Å². The lowest BCUT2D eigenvalue weighted by molar-refractivity contribution is 0.0960. The minimum absolute atomic E-state index is 0.0587. The molecule has 3 aromatic rings. The van der Waals surface area contributed by atoms with Crippen LogP contribution in [0.15, 0.2) is 35.3 Å². The zero-order chi connectivity index (χ0) is 17.4. The highest BCUT2D eigenvalue weighted by Gasteiger charge is 2.18. The van der Waals surface area contributed by atoms with Crippen molar-refractivity contribution in [3.8, 4) is 0 Å². The number of nitrogens with zero attached hydrogens (tertiary/aromatic N) is 3. The first-order valence-corrected chi connectivity index (χ1v) is 7.83. The van der Waals surface area contributed by atoms with Gasteiger partial charge in [-0.05, 0) is 31.5 Å². The Balaban J connectivity index is 2.57. The molecule has 0 aliphatic rings. The highest BCUT2D eigenvalue weighted by molar-refractivity contribution is 5.96. The summed E-state index contributed by atoms with van der Waals surface area (Å²) < 4.78 is 3.11. The zero-order valence-corrected chi connectivity index (χ0v) is 13.8. The predicted molar refractivity (Wildman–Crippen MR) is 91.2 cm³/mol. The normalized spacial score (nSPS) is 12.5. The number of nitrogens with one attached hydrogen (secondary N) is 2. The lowest BCUT2D eigenvalue weighted by Crippen LogP contribution is -2.34. The van der Waals surface area contributed by atoms with E-state index in [9.17, 15) is 9.59 Å². The minimum atomic E-state index is -0.392. The number of hydrogen-bond donors (Lipinski definition) is 2. The molecule has 7 heteroatoms. The minimum Gasteiger partial charge on any atom is -0.355 e. The molecule has 7 nitrogen and oxygen atoms in total. The number of carbonyl (C=O) groups excluding carboxylic acids is 1. The molecule has 1 atom stereocenters. The Morgan fingerprint density at radius 2 is 2.17 bits per heavy atom. The Labute approximate surface area is 138 Å². The number of carbonyl (C=O) groups is 1. The Bertz CT molecular complexity index is 1060. The number of fused-ring (bicyclic) bond motifs is 2. The molecule has 24 heavy (non-hydrogen) atoms. The van der Waals surface area contributed by atoms with Gasteiger partial charge in [-0.1, -0.05) is 13.0 Å². The topological polar surface area (TPSA) is 92.2 Å². The maximum Gasteiger partial charge on any atom is 0.267 e. The molecule has 0 radical (unpaired) electrons. The zero-order valence-electron chi connectivity index (χ0n) is 13.8. The molecule has 3 rings (SSSR count). The van der Waals surface area contributed by atoms with Crippen molar-refractivity contribution < 1.29 is 4.79 Å². The summed E-state index contributed by atoms with van der Waals surface area (Å²) in [5.41, 5.74) is 0.915. The summed E-state index contributed by atoms with van der Waals surface area (Å²) in [4.78, 5) is 29.6. The van der Waals surface area contributed by atoms with Crippen LogP contribution in [-0.4, -0.2) is 26.9 Å². The second kappa shape index (κ2) is 5.92. The number of amides is 1. The van der Waals surface area contributed by atoms with Crippen LogP contribution in [0.4, 0.5) is 0 Å². The molecular weight excluding hydrogens is 306 g/mol. The van der Waals surface area contributed by atoms with Crippen LogP contribution < -0.4 is 16.4 Å². The van der Waals surface area contributed by atoms with Gasteiger partial charge in [0.25, 0.3) is 11.5 Å². The molecule has 0 fully saturated rings. The first-order chi connectivity index (χ1) is 11.5. The second-order valence-corrected chi connectivity index (χ2v) is 5.70. The SMILES string of the molecule is CCC(C)n1c(=N)c(C(=O)NC)cc2c(=O)n3ccccc3nc21. The number of aromatic nitrogens is 3. The van der Waals surface area contributed by atoms with Crippen molar-refractivity contribution in [1.29, 1.82) is 5.41 Å². The van der Waals surface area contributed by atoms with E-state index in [4.69, 9.17) is 5.41 Å². The van der Waals surface area contributed by atoms with Gasteiger partial charge in [0.2, 0.25) is 0 Å². The maximum absolute atomic E-state index is 12.8. The largest absolute Gasteiger partial charge is 0.355 e. The number of hydrogen-bond acceptors (Lipinski definition) is 4. The summed E-state index contributed by atoms with van der Waals surface area (Å²) >= 11 is 0. The average Bonchev–Trinajstić information content (AvgIpc) is 2.60. The van der Waals surface area contributed by atoms with Crippen molar-refractivity contribution in [2.24, 2.45) is 0 Å². The van der Waals surface area contributed by atoms with Crippen LogP contribution in [0, 0.1) is 5.41 Å². The van der Waals surface area contributed by atoms with Gasteiger partial charge in [-0.25, -0.2) is 4.98 Å². The van der Waals surface area contributed by atoms with Gasteiger partial charge in [-0.2, -0.15) is 0 Å². The second-order valence-electron chi connectivity index (χ2n) is 5.70. The van der Waals surface area contributed by atoms with Gasteiger partial charge >= 0.3 is 0 Å². The number of rotatable bonds is 3. The van der Waals surface area contributed by atoms with Gasteiger partial charge in [-0.3, -0.25) is 19.4 Å². The standard InChI is InChI=1S/C17H19N5O2/c1-4-10(2)22-14(18)11(16(23)19-3)9-12-15(22)20-13-7-5-6-8-21(13)17(12)24/h5-10,18H,4H2,1-3H3,(H,19,23). The molecule has 0 aromatic carbocycles. The summed E-state index contributed by atoms with van der Waals surface area (Å²) in [6.45, 7) is 3.93. The average molecular weight is 325 g/mol. The van der Waals surface area contributed by atoms with Crippen molar-refractivity contribution in [2.75, 3.05) is 7.05 Å². The first kappa shape index (κ1) is 15.9. The Morgan fingerprint density at radius 1 is 1.42 bits per heavy atom. The summed E-state index contributed by atoms with van der Waals surface area (Å²) in [5, 5.41) is 11.3. The monoisotopic (exact) mass is 325 g/mol. The smallest absolute Gasteiger partial charge is 0.267 e. The lowest BCUT2D eigenvalue weighted by Gasteiger charge is -2.19. The molecule has 1 amide bonds. The van der Waals surface area contributed by atoms with Gasteiger partial charge in [0, 0.05) is 19.3 Å². The Morgan fingerprint density at radius 3 is 2.83 bits per heavy atom. The fourth-order valence-electron chi connectivity index (χ4n) is 2.77. The highest BCUT2D eigenvalue weighted by Crippen LogP contribution is 2.16. The summed E-state index contributed by atoms with van der Waals surface area (Å²) in [7, 11) is 1.51. The Hall–Kier alpha value is -2.96. The first-order valence-electron chi connectivity index (χ1n) is 7.83. The van der Waals surface area contributed by atoms with Crippen LogP contribution in [0.1, 0.15) is 36.7 Å². The molecule has 0 aliphatic heterocycles. The van der Waals surface area contributed by atoms with Crippen LogP contribution in [0.3, 0.4) is 0 Å². The molecule has 124 valence electrons. The molecule has 0 saturated heterocycles. The molecule has 3 aromatic heterocycles. The van der Waals surface area contributed by atoms with Crippen LogP contribution >= 0.6 is 0 Å². The molecule has 0 spiro atoms. The van der Waals surface area contributed by atoms with Crippen molar-refractivity contribution in [2.45, 2.75) is 26.3 Å². The molecular formula is C17H19N5O2. The summed E-state index contributed by atoms with van der Waals surface area (Å²) in [5.74, 6) is -0.392. The van der Waals surface area contributed by atoms with E-state index in [0.29, 0.717) is 16.7 Å². The van der Waals surface area contributed by atoms with Gasteiger partial charge in [0.05, 0.1) is 10.9 Å². The lowest BCUT2D eigenvalue weighted by atomic mass is 10.1. The van der Waals surface area contributed by atoms with Crippen molar-refractivity contribution >= 4 is 22.6 Å². The van der Waals surface area contributed by atoms with Gasteiger partial charge in [0.1, 0.15) is 16.8 Å². The van der Waals surface area contributed by atoms with E-state index in [1.165, 1.54) is 17.5 Å². The molecule has 0 aliphatic carbocycles. The van der Waals surface area contributed by atoms with E-state index in [0.717, 1.165) is 6.42 Å². The van der Waals surface area contributed by atoms with Crippen molar-refractivity contribution in [3.63, 3.8) is 0 Å². The van der Waals surface area contributed by atoms with Gasteiger partial charge in [-0.15, -0.1) is 0 Å². The quantitative estimate of drug-likeness (QED) is 0.714. The van der Waals surface area contributed by atoms with Crippen LogP contribution in [0.2, 0.25) is 0 Å². The highest BCUT2D eigenvalue weighted by atomic mass is 16.1. The number of pyridine rings is 2. The summed E-state index contributed by atoms with van der Waals surface area (Å²) in [6, 6.07) is 6.70. The third kappa shape index (κ3) is 2.29. The Kier molecular flexibility index (Phi) is 3.92. The van der Waals surface area contributed by atoms with E-state index >= 15 is 0 Å². The molecule has 2 N–H and O–H groups in total. The van der Waals surface area contributed by atoms with Crippen LogP contribution in [0.5, 0.6) is 0 Å². The van der Waals surface area contributed by atoms with Crippen LogP contribution in [-0.2, 0) is 0 Å². The maximum atomic E-state index is 12.8. The third-order valence-electron chi connectivity index (χ3n) is 4.27. The van der Waals surface area contributed by atoms with Crippen molar-refractivity contribution in [1.82, 2.24) is 19.3 Å². The fourth-order valence-corrected chi connectivity index (χ4v) is 2.77. The molecule has 0 bridgehead atoms. The van der Waals surface area contributed by atoms with E-state index in [1.54, 1.807) is 22.9 Å². The van der Waals surface area contributed by atoms with E-state index in [2.05, 4.69) is 10.3 Å². The molecule has 0 saturated carbocycles. The predicted octanol–water partition coefficient (Wildman–Crippen LogP) is 1.46. The molecule has 1 unspecified atom stereocenters. The fraction of sp³-hybridized carbons (Fsp3) is 0.294. The van der Waals surface area contributed by atoms with Gasteiger partial charge in [0.15, 0.2) is 0 Å². The van der Waals surface area contributed by atoms with Gasteiger partial charge < -0.3 is 9.88 Å². The van der Waals surface area contributed by atoms with E-state index in [-0.39, 0.29) is 22.7 Å². The third-order valence-corrected chi connectivity index (χ3v) is 4.27. The molecule has 3 heterocycles. The summed E-state index contributed by atoms with van der Waals surface area (Å²) in [6.07, 6.45) is 2.39. The van der Waals surface area contributed by atoms with E-state index in [1.807, 2.05) is 19.9 Å².